The monoisotopic (exact) mass is 405 g/mol. The van der Waals surface area contributed by atoms with Crippen LogP contribution in [0.4, 0.5) is 32.0 Å². The van der Waals surface area contributed by atoms with E-state index in [-0.39, 0.29) is 17.3 Å². The molecule has 10 heteroatoms. The molecule has 2 aromatic rings. The molecule has 0 bridgehead atoms. The van der Waals surface area contributed by atoms with E-state index in [0.29, 0.717) is 17.7 Å². The lowest BCUT2D eigenvalue weighted by molar-refractivity contribution is -0.143. The van der Waals surface area contributed by atoms with Crippen molar-refractivity contribution in [3.63, 3.8) is 0 Å². The summed E-state index contributed by atoms with van der Waals surface area (Å²) in [5.41, 5.74) is -3.52. The number of methoxy groups -OCH3 is 1. The van der Waals surface area contributed by atoms with Gasteiger partial charge < -0.3 is 10.1 Å². The van der Waals surface area contributed by atoms with Crippen LogP contribution in [0, 0.1) is 6.92 Å². The molecule has 0 saturated heterocycles. The van der Waals surface area contributed by atoms with Gasteiger partial charge in [0.05, 0.1) is 23.8 Å². The number of hydrogen-bond acceptors (Lipinski definition) is 3. The summed E-state index contributed by atoms with van der Waals surface area (Å²) in [6, 6.07) is 4.61. The van der Waals surface area contributed by atoms with Gasteiger partial charge in [-0.3, -0.25) is 4.79 Å². The summed E-state index contributed by atoms with van der Waals surface area (Å²) in [5, 5.41) is 2.22. The predicted molar refractivity (Wildman–Crippen MR) is 86.9 cm³/mol. The lowest BCUT2D eigenvalue weighted by Gasteiger charge is -2.15. The fourth-order valence-electron chi connectivity index (χ4n) is 2.28. The Morgan fingerprint density at radius 3 is 1.86 bits per heavy atom. The second-order valence-corrected chi connectivity index (χ2v) is 5.77. The first-order chi connectivity index (χ1) is 12.8. The molecular formula is C18H13F6NO3. The molecule has 150 valence electrons. The van der Waals surface area contributed by atoms with Crippen LogP contribution in [-0.2, 0) is 17.1 Å². The van der Waals surface area contributed by atoms with Crippen molar-refractivity contribution >= 4 is 17.6 Å². The number of rotatable bonds is 3. The number of halogens is 6. The van der Waals surface area contributed by atoms with Gasteiger partial charge in [-0.15, -0.1) is 0 Å². The van der Waals surface area contributed by atoms with E-state index in [0.717, 1.165) is 7.11 Å². The van der Waals surface area contributed by atoms with Gasteiger partial charge in [0.1, 0.15) is 0 Å². The summed E-state index contributed by atoms with van der Waals surface area (Å²) in [5.74, 6) is -1.92. The molecule has 2 aromatic carbocycles. The molecule has 0 atom stereocenters. The quantitative estimate of drug-likeness (QED) is 0.573. The number of hydrogen-bond donors (Lipinski definition) is 1. The first-order valence-corrected chi connectivity index (χ1v) is 7.62. The van der Waals surface area contributed by atoms with Gasteiger partial charge >= 0.3 is 18.3 Å². The lowest BCUT2D eigenvalue weighted by Crippen LogP contribution is -2.18. The van der Waals surface area contributed by atoms with Crippen LogP contribution in [-0.4, -0.2) is 19.0 Å². The first kappa shape index (κ1) is 21.3. The van der Waals surface area contributed by atoms with Crippen molar-refractivity contribution in [2.75, 3.05) is 12.4 Å². The summed E-state index contributed by atoms with van der Waals surface area (Å²) >= 11 is 0. The number of benzene rings is 2. The highest BCUT2D eigenvalue weighted by molar-refractivity contribution is 6.05. The third kappa shape index (κ3) is 4.81. The van der Waals surface area contributed by atoms with Crippen LogP contribution in [0.25, 0.3) is 0 Å². The van der Waals surface area contributed by atoms with Gasteiger partial charge in [-0.2, -0.15) is 26.3 Å². The number of ether oxygens (including phenoxy) is 1. The second kappa shape index (κ2) is 7.53. The van der Waals surface area contributed by atoms with Crippen molar-refractivity contribution in [2.45, 2.75) is 19.3 Å². The Hall–Kier alpha value is -3.04. The number of amides is 1. The average Bonchev–Trinajstić information content (AvgIpc) is 2.61. The van der Waals surface area contributed by atoms with Crippen molar-refractivity contribution in [3.8, 4) is 0 Å². The first-order valence-electron chi connectivity index (χ1n) is 7.62. The predicted octanol–water partition coefficient (Wildman–Crippen LogP) is 5.07. The van der Waals surface area contributed by atoms with Crippen LogP contribution < -0.4 is 5.32 Å². The smallest absolute Gasteiger partial charge is 0.416 e. The van der Waals surface area contributed by atoms with Crippen LogP contribution in [0.15, 0.2) is 36.4 Å². The van der Waals surface area contributed by atoms with E-state index in [1.807, 2.05) is 0 Å². The van der Waals surface area contributed by atoms with E-state index in [1.165, 1.54) is 25.1 Å². The highest BCUT2D eigenvalue weighted by Crippen LogP contribution is 2.36. The third-order valence-corrected chi connectivity index (χ3v) is 3.76. The molecule has 0 saturated carbocycles. The van der Waals surface area contributed by atoms with E-state index < -0.39 is 40.9 Å². The van der Waals surface area contributed by atoms with Crippen molar-refractivity contribution in [1.29, 1.82) is 0 Å². The standard InChI is InChI=1S/C18H13F6NO3/c1-9-3-4-10(16(27)28-2)7-14(9)25-15(26)11-5-12(17(19,20)21)8-13(6-11)18(22,23)24/h3-8H,1-2H3,(H,25,26). The molecular weight excluding hydrogens is 392 g/mol. The molecule has 1 amide bonds. The number of carbonyl (C=O) groups is 2. The number of nitrogens with one attached hydrogen (secondary N) is 1. The molecule has 0 aromatic heterocycles. The molecule has 0 aliphatic rings. The van der Waals surface area contributed by atoms with Crippen LogP contribution in [0.5, 0.6) is 0 Å². The topological polar surface area (TPSA) is 55.4 Å². The van der Waals surface area contributed by atoms with E-state index >= 15 is 0 Å². The molecule has 2 rings (SSSR count). The number of esters is 1. The van der Waals surface area contributed by atoms with Gasteiger partial charge in [-0.05, 0) is 42.8 Å². The fraction of sp³-hybridized carbons (Fsp3) is 0.222. The highest BCUT2D eigenvalue weighted by Gasteiger charge is 2.37. The maximum absolute atomic E-state index is 12.9. The molecule has 28 heavy (non-hydrogen) atoms. The maximum Gasteiger partial charge on any atom is 0.416 e. The average molecular weight is 405 g/mol. The summed E-state index contributed by atoms with van der Waals surface area (Å²) < 4.78 is 82.1. The molecule has 4 nitrogen and oxygen atoms in total. The van der Waals surface area contributed by atoms with Crippen LogP contribution in [0.1, 0.15) is 37.4 Å². The Balaban J connectivity index is 2.46. The van der Waals surface area contributed by atoms with Crippen LogP contribution in [0.3, 0.4) is 0 Å². The Morgan fingerprint density at radius 1 is 0.857 bits per heavy atom. The zero-order valence-corrected chi connectivity index (χ0v) is 14.5. The SMILES string of the molecule is COC(=O)c1ccc(C)c(NC(=O)c2cc(C(F)(F)F)cc(C(F)(F)F)c2)c1. The number of aryl methyl sites for hydroxylation is 1. The van der Waals surface area contributed by atoms with E-state index in [1.54, 1.807) is 0 Å². The molecule has 0 fully saturated rings. The Bertz CT molecular complexity index is 886. The molecule has 0 aliphatic heterocycles. The summed E-state index contributed by atoms with van der Waals surface area (Å²) in [4.78, 5) is 23.9. The van der Waals surface area contributed by atoms with E-state index in [9.17, 15) is 35.9 Å². The minimum atomic E-state index is -5.07. The normalized spacial score (nSPS) is 11.9. The maximum atomic E-state index is 12.9. The largest absolute Gasteiger partial charge is 0.465 e. The number of alkyl halides is 6. The summed E-state index contributed by atoms with van der Waals surface area (Å²) in [6.07, 6.45) is -10.1. The number of carbonyl (C=O) groups excluding carboxylic acids is 2. The third-order valence-electron chi connectivity index (χ3n) is 3.76. The van der Waals surface area contributed by atoms with E-state index in [4.69, 9.17) is 0 Å². The molecule has 0 heterocycles. The summed E-state index contributed by atoms with van der Waals surface area (Å²) in [6.45, 7) is 1.53. The van der Waals surface area contributed by atoms with Gasteiger partial charge in [0, 0.05) is 11.3 Å². The van der Waals surface area contributed by atoms with Gasteiger partial charge in [-0.25, -0.2) is 4.79 Å². The van der Waals surface area contributed by atoms with E-state index in [2.05, 4.69) is 10.1 Å². The number of anilines is 1. The highest BCUT2D eigenvalue weighted by atomic mass is 19.4. The van der Waals surface area contributed by atoms with Crippen molar-refractivity contribution < 1.29 is 40.7 Å². The molecule has 0 radical (unpaired) electrons. The Labute approximate surface area is 155 Å². The minimum Gasteiger partial charge on any atom is -0.465 e. The zero-order chi connectivity index (χ0) is 21.3. The zero-order valence-electron chi connectivity index (χ0n) is 14.5. The van der Waals surface area contributed by atoms with Gasteiger partial charge in [0.2, 0.25) is 0 Å². The van der Waals surface area contributed by atoms with Crippen molar-refractivity contribution in [3.05, 3.63) is 64.2 Å². The van der Waals surface area contributed by atoms with Crippen molar-refractivity contribution in [2.24, 2.45) is 0 Å². The lowest BCUT2D eigenvalue weighted by atomic mass is 10.0. The molecule has 0 spiro atoms. The Morgan fingerprint density at radius 2 is 1.39 bits per heavy atom. The molecule has 1 N–H and O–H groups in total. The van der Waals surface area contributed by atoms with Gasteiger partial charge in [0.15, 0.2) is 0 Å². The minimum absolute atomic E-state index is 0.0406. The Kier molecular flexibility index (Phi) is 5.72. The van der Waals surface area contributed by atoms with Crippen LogP contribution >= 0.6 is 0 Å². The molecule has 0 aliphatic carbocycles. The van der Waals surface area contributed by atoms with Gasteiger partial charge in [0.25, 0.3) is 5.91 Å². The molecule has 0 unspecified atom stereocenters. The second-order valence-electron chi connectivity index (χ2n) is 5.77. The van der Waals surface area contributed by atoms with Crippen molar-refractivity contribution in [1.82, 2.24) is 0 Å². The fourth-order valence-corrected chi connectivity index (χ4v) is 2.28. The summed E-state index contributed by atoms with van der Waals surface area (Å²) in [7, 11) is 1.13. The van der Waals surface area contributed by atoms with Crippen LogP contribution in [0.2, 0.25) is 0 Å². The van der Waals surface area contributed by atoms with Gasteiger partial charge in [-0.1, -0.05) is 6.07 Å².